The molecular weight excluding hydrogens is 228 g/mol. The van der Waals surface area contributed by atoms with E-state index in [4.69, 9.17) is 4.74 Å². The predicted molar refractivity (Wildman–Crippen MR) is 71.0 cm³/mol. The number of ether oxygens (including phenoxy) is 1. The van der Waals surface area contributed by atoms with E-state index < -0.39 is 0 Å². The third-order valence-corrected chi connectivity index (χ3v) is 2.46. The first-order valence-electron chi connectivity index (χ1n) is 6.11. The Morgan fingerprint density at radius 3 is 2.39 bits per heavy atom. The molecule has 0 radical (unpaired) electrons. The molecule has 0 saturated heterocycles. The first kappa shape index (κ1) is 14.2. The molecule has 3 nitrogen and oxygen atoms in total. The zero-order valence-corrected chi connectivity index (χ0v) is 10.8. The highest BCUT2D eigenvalue weighted by Crippen LogP contribution is 2.13. The normalized spacial score (nSPS) is 11.1. The van der Waals surface area contributed by atoms with E-state index in [1.165, 1.54) is 0 Å². The van der Waals surface area contributed by atoms with Gasteiger partial charge < -0.3 is 4.74 Å². The average molecular weight is 246 g/mol. The number of carbonyl (C=O) groups excluding carboxylic acids is 2. The maximum Gasteiger partial charge on any atom is 0.310 e. The summed E-state index contributed by atoms with van der Waals surface area (Å²) in [5, 5.41) is 0. The summed E-state index contributed by atoms with van der Waals surface area (Å²) in [4.78, 5) is 23.2. The summed E-state index contributed by atoms with van der Waals surface area (Å²) in [7, 11) is 0. The summed E-state index contributed by atoms with van der Waals surface area (Å²) in [5.74, 6) is -0.381. The minimum atomic E-state index is -0.360. The van der Waals surface area contributed by atoms with E-state index in [-0.39, 0.29) is 18.2 Å². The molecule has 0 heterocycles. The van der Waals surface area contributed by atoms with Gasteiger partial charge in [0.05, 0.1) is 13.0 Å². The van der Waals surface area contributed by atoms with Crippen molar-refractivity contribution in [1.82, 2.24) is 0 Å². The van der Waals surface area contributed by atoms with Gasteiger partial charge in [0.25, 0.3) is 0 Å². The van der Waals surface area contributed by atoms with Gasteiger partial charge in [0.15, 0.2) is 5.78 Å². The number of hydrogen-bond acceptors (Lipinski definition) is 3. The summed E-state index contributed by atoms with van der Waals surface area (Å²) >= 11 is 0. The first-order chi connectivity index (χ1) is 8.67. The standard InChI is InChI=1S/C15H18O3/c1-3-14(16)13(11-15(17)18-4-2)10-12-8-6-5-7-9-12/h5-10H,3-4,11H2,1-2H3/b13-10+. The molecule has 1 rings (SSSR count). The molecule has 0 saturated carbocycles. The zero-order valence-electron chi connectivity index (χ0n) is 10.8. The summed E-state index contributed by atoms with van der Waals surface area (Å²) in [6, 6.07) is 9.49. The van der Waals surface area contributed by atoms with Gasteiger partial charge in [-0.05, 0) is 18.6 Å². The Kier molecular flexibility index (Phi) is 5.85. The van der Waals surface area contributed by atoms with Crippen LogP contribution in [0.25, 0.3) is 6.08 Å². The van der Waals surface area contributed by atoms with E-state index in [2.05, 4.69) is 0 Å². The lowest BCUT2D eigenvalue weighted by molar-refractivity contribution is -0.142. The molecule has 0 aliphatic heterocycles. The third-order valence-electron chi connectivity index (χ3n) is 2.46. The molecule has 3 heteroatoms. The highest BCUT2D eigenvalue weighted by atomic mass is 16.5. The summed E-state index contributed by atoms with van der Waals surface area (Å²) in [6.45, 7) is 3.87. The van der Waals surface area contributed by atoms with Crippen molar-refractivity contribution in [3.63, 3.8) is 0 Å². The highest BCUT2D eigenvalue weighted by Gasteiger charge is 2.13. The van der Waals surface area contributed by atoms with E-state index in [0.717, 1.165) is 5.56 Å². The molecule has 0 aromatic heterocycles. The van der Waals surface area contributed by atoms with Gasteiger partial charge in [0.1, 0.15) is 0 Å². The third kappa shape index (κ3) is 4.53. The van der Waals surface area contributed by atoms with Crippen molar-refractivity contribution >= 4 is 17.8 Å². The van der Waals surface area contributed by atoms with Crippen LogP contribution in [0.2, 0.25) is 0 Å². The fourth-order valence-corrected chi connectivity index (χ4v) is 1.58. The summed E-state index contributed by atoms with van der Waals surface area (Å²) in [5.41, 5.74) is 1.42. The minimum Gasteiger partial charge on any atom is -0.466 e. The largest absolute Gasteiger partial charge is 0.466 e. The van der Waals surface area contributed by atoms with Crippen LogP contribution in [0.3, 0.4) is 0 Å². The number of carbonyl (C=O) groups is 2. The highest BCUT2D eigenvalue weighted by molar-refractivity contribution is 6.02. The second-order valence-corrected chi connectivity index (χ2v) is 3.84. The van der Waals surface area contributed by atoms with Crippen molar-refractivity contribution in [3.05, 3.63) is 41.5 Å². The van der Waals surface area contributed by atoms with Gasteiger partial charge in [-0.1, -0.05) is 37.3 Å². The molecule has 0 N–H and O–H groups in total. The number of esters is 1. The molecule has 0 unspecified atom stereocenters. The van der Waals surface area contributed by atoms with Crippen LogP contribution in [-0.4, -0.2) is 18.4 Å². The van der Waals surface area contributed by atoms with Crippen molar-refractivity contribution in [2.24, 2.45) is 0 Å². The van der Waals surface area contributed by atoms with Crippen LogP contribution in [0, 0.1) is 0 Å². The van der Waals surface area contributed by atoms with Gasteiger partial charge in [0, 0.05) is 12.0 Å². The van der Waals surface area contributed by atoms with Gasteiger partial charge in [-0.15, -0.1) is 0 Å². The zero-order chi connectivity index (χ0) is 13.4. The van der Waals surface area contributed by atoms with E-state index >= 15 is 0 Å². The first-order valence-corrected chi connectivity index (χ1v) is 6.11. The van der Waals surface area contributed by atoms with Crippen molar-refractivity contribution in [1.29, 1.82) is 0 Å². The number of rotatable bonds is 6. The quantitative estimate of drug-likeness (QED) is 0.572. The van der Waals surface area contributed by atoms with Crippen LogP contribution < -0.4 is 0 Å². The molecule has 96 valence electrons. The second-order valence-electron chi connectivity index (χ2n) is 3.84. The Balaban J connectivity index is 2.88. The molecule has 0 aliphatic carbocycles. The van der Waals surface area contributed by atoms with E-state index in [0.29, 0.717) is 18.6 Å². The Bertz CT molecular complexity index is 432. The fraction of sp³-hybridized carbons (Fsp3) is 0.333. The van der Waals surface area contributed by atoms with Crippen LogP contribution in [-0.2, 0) is 14.3 Å². The number of hydrogen-bond donors (Lipinski definition) is 0. The maximum absolute atomic E-state index is 11.8. The molecule has 0 amide bonds. The topological polar surface area (TPSA) is 43.4 Å². The summed E-state index contributed by atoms with van der Waals surface area (Å²) < 4.78 is 4.87. The number of benzene rings is 1. The molecule has 0 bridgehead atoms. The van der Waals surface area contributed by atoms with Crippen molar-refractivity contribution in [3.8, 4) is 0 Å². The lowest BCUT2D eigenvalue weighted by atomic mass is 10.0. The lowest BCUT2D eigenvalue weighted by Crippen LogP contribution is -2.10. The fourth-order valence-electron chi connectivity index (χ4n) is 1.58. The van der Waals surface area contributed by atoms with Crippen LogP contribution in [0.1, 0.15) is 32.3 Å². The molecule has 0 fully saturated rings. The lowest BCUT2D eigenvalue weighted by Gasteiger charge is -2.05. The molecule has 0 atom stereocenters. The van der Waals surface area contributed by atoms with Crippen molar-refractivity contribution in [2.75, 3.05) is 6.61 Å². The molecule has 18 heavy (non-hydrogen) atoms. The Morgan fingerprint density at radius 1 is 1.17 bits per heavy atom. The molecule has 0 spiro atoms. The molecule has 1 aromatic rings. The minimum absolute atomic E-state index is 0.0214. The van der Waals surface area contributed by atoms with E-state index in [9.17, 15) is 9.59 Å². The SMILES string of the molecule is CCOC(=O)C/C(=C\c1ccccc1)C(=O)CC. The molecule has 1 aromatic carbocycles. The van der Waals surface area contributed by atoms with Crippen LogP contribution >= 0.6 is 0 Å². The molecular formula is C15H18O3. The smallest absolute Gasteiger partial charge is 0.310 e. The van der Waals surface area contributed by atoms with E-state index in [1.54, 1.807) is 19.9 Å². The maximum atomic E-state index is 11.8. The van der Waals surface area contributed by atoms with Crippen LogP contribution in [0.4, 0.5) is 0 Å². The summed E-state index contributed by atoms with van der Waals surface area (Å²) in [6.07, 6.45) is 2.18. The predicted octanol–water partition coefficient (Wildman–Crippen LogP) is 3.00. The van der Waals surface area contributed by atoms with E-state index in [1.807, 2.05) is 30.3 Å². The molecule has 0 aliphatic rings. The van der Waals surface area contributed by atoms with Crippen molar-refractivity contribution < 1.29 is 14.3 Å². The van der Waals surface area contributed by atoms with Crippen LogP contribution in [0.15, 0.2) is 35.9 Å². The van der Waals surface area contributed by atoms with Gasteiger partial charge in [-0.25, -0.2) is 0 Å². The van der Waals surface area contributed by atoms with Gasteiger partial charge in [-0.2, -0.15) is 0 Å². The van der Waals surface area contributed by atoms with Crippen molar-refractivity contribution in [2.45, 2.75) is 26.7 Å². The van der Waals surface area contributed by atoms with Gasteiger partial charge in [0.2, 0.25) is 0 Å². The van der Waals surface area contributed by atoms with Gasteiger partial charge >= 0.3 is 5.97 Å². The Labute approximate surface area is 107 Å². The number of Topliss-reactive ketones (excluding diaryl/α,β-unsaturated/α-hetero) is 1. The second kappa shape index (κ2) is 7.43. The van der Waals surface area contributed by atoms with Crippen LogP contribution in [0.5, 0.6) is 0 Å². The van der Waals surface area contributed by atoms with Gasteiger partial charge in [-0.3, -0.25) is 9.59 Å². The Hall–Kier alpha value is -1.90. The average Bonchev–Trinajstić information content (AvgIpc) is 2.38. The number of ketones is 1. The monoisotopic (exact) mass is 246 g/mol. The Morgan fingerprint density at radius 2 is 1.83 bits per heavy atom.